The molecule has 4 fully saturated rings. The molecule has 1 N–H and O–H groups in total. The summed E-state index contributed by atoms with van der Waals surface area (Å²) in [6.07, 6.45) is 6.43. The van der Waals surface area contributed by atoms with Gasteiger partial charge in [-0.3, -0.25) is 9.59 Å². The van der Waals surface area contributed by atoms with E-state index in [1.807, 2.05) is 24.3 Å². The zero-order chi connectivity index (χ0) is 19.1. The third kappa shape index (κ3) is 3.33. The summed E-state index contributed by atoms with van der Waals surface area (Å²) in [5.74, 6) is 2.99. The van der Waals surface area contributed by atoms with E-state index < -0.39 is 0 Å². The Morgan fingerprint density at radius 1 is 1.04 bits per heavy atom. The number of hydrogen-bond donors (Lipinski definition) is 1. The minimum atomic E-state index is -0.320. The van der Waals surface area contributed by atoms with E-state index in [1.54, 1.807) is 0 Å². The highest BCUT2D eigenvalue weighted by Gasteiger charge is 2.55. The molecule has 1 aromatic rings. The molecule has 6 nitrogen and oxygen atoms in total. The van der Waals surface area contributed by atoms with Crippen molar-refractivity contribution in [1.82, 2.24) is 5.32 Å². The van der Waals surface area contributed by atoms with Crippen molar-refractivity contribution in [3.05, 3.63) is 24.3 Å². The minimum absolute atomic E-state index is 0.159. The summed E-state index contributed by atoms with van der Waals surface area (Å²) >= 11 is 0. The van der Waals surface area contributed by atoms with Gasteiger partial charge in [-0.05, 0) is 68.4 Å². The molecule has 1 aromatic carbocycles. The predicted octanol–water partition coefficient (Wildman–Crippen LogP) is 2.70. The van der Waals surface area contributed by atoms with Gasteiger partial charge >= 0.3 is 5.97 Å². The van der Waals surface area contributed by atoms with Crippen LogP contribution in [0, 0.1) is 23.2 Å². The van der Waals surface area contributed by atoms with Crippen LogP contribution in [0.2, 0.25) is 0 Å². The molecule has 5 aliphatic rings. The molecule has 0 spiro atoms. The van der Waals surface area contributed by atoms with Crippen molar-refractivity contribution in [1.29, 1.82) is 0 Å². The number of nitrogens with one attached hydrogen (secondary N) is 1. The third-order valence-corrected chi connectivity index (χ3v) is 6.90. The SMILES string of the molecule is O=C(COC(=O)C12CC3CC(CC(C3)C1)C2)NC[C@H]1COc2ccccc2O1. The molecule has 4 bridgehead atoms. The van der Waals surface area contributed by atoms with Crippen molar-refractivity contribution in [2.45, 2.75) is 44.6 Å². The molecule has 0 unspecified atom stereocenters. The van der Waals surface area contributed by atoms with E-state index >= 15 is 0 Å². The molecule has 4 aliphatic carbocycles. The first-order chi connectivity index (χ1) is 13.6. The van der Waals surface area contributed by atoms with Gasteiger partial charge in [-0.2, -0.15) is 0 Å². The number of carbonyl (C=O) groups excluding carboxylic acids is 2. The Balaban J connectivity index is 1.09. The van der Waals surface area contributed by atoms with E-state index in [9.17, 15) is 9.59 Å². The van der Waals surface area contributed by atoms with Crippen molar-refractivity contribution in [2.75, 3.05) is 19.8 Å². The molecular formula is C22H27NO5. The number of fused-ring (bicyclic) bond motifs is 1. The summed E-state index contributed by atoms with van der Waals surface area (Å²) < 4.78 is 16.9. The highest BCUT2D eigenvalue weighted by molar-refractivity contribution is 5.83. The molecule has 4 saturated carbocycles. The summed E-state index contributed by atoms with van der Waals surface area (Å²) in [6.45, 7) is 0.483. The Morgan fingerprint density at radius 2 is 1.68 bits per heavy atom. The van der Waals surface area contributed by atoms with Crippen LogP contribution < -0.4 is 14.8 Å². The Bertz CT molecular complexity index is 741. The monoisotopic (exact) mass is 385 g/mol. The first kappa shape index (κ1) is 17.8. The smallest absolute Gasteiger partial charge is 0.312 e. The first-order valence-electron chi connectivity index (χ1n) is 10.4. The molecular weight excluding hydrogens is 358 g/mol. The fraction of sp³-hybridized carbons (Fsp3) is 0.636. The summed E-state index contributed by atoms with van der Waals surface area (Å²) in [7, 11) is 0. The van der Waals surface area contributed by atoms with Crippen molar-refractivity contribution in [2.24, 2.45) is 23.2 Å². The fourth-order valence-electron chi connectivity index (χ4n) is 6.09. The average Bonchev–Trinajstić information content (AvgIpc) is 2.69. The number of para-hydroxylation sites is 2. The molecule has 1 atom stereocenters. The molecule has 1 amide bonds. The van der Waals surface area contributed by atoms with E-state index in [-0.39, 0.29) is 30.0 Å². The lowest BCUT2D eigenvalue weighted by molar-refractivity contribution is -0.173. The summed E-state index contributed by atoms with van der Waals surface area (Å²) in [5.41, 5.74) is -0.320. The number of ether oxygens (including phenoxy) is 3. The van der Waals surface area contributed by atoms with Gasteiger partial charge in [0, 0.05) is 0 Å². The number of amides is 1. The van der Waals surface area contributed by atoms with Gasteiger partial charge in [0.15, 0.2) is 18.1 Å². The van der Waals surface area contributed by atoms with Crippen molar-refractivity contribution in [3.63, 3.8) is 0 Å². The Hall–Kier alpha value is -2.24. The Kier molecular flexibility index (Phi) is 4.44. The van der Waals surface area contributed by atoms with E-state index in [0.717, 1.165) is 25.0 Å². The van der Waals surface area contributed by atoms with Crippen molar-refractivity contribution < 1.29 is 23.8 Å². The van der Waals surface area contributed by atoms with E-state index in [4.69, 9.17) is 14.2 Å². The fourth-order valence-corrected chi connectivity index (χ4v) is 6.09. The van der Waals surface area contributed by atoms with Gasteiger partial charge in [-0.25, -0.2) is 0 Å². The van der Waals surface area contributed by atoms with E-state index in [1.165, 1.54) is 19.3 Å². The molecule has 1 heterocycles. The topological polar surface area (TPSA) is 73.9 Å². The second-order valence-corrected chi connectivity index (χ2v) is 9.08. The molecule has 6 heteroatoms. The number of carbonyl (C=O) groups is 2. The summed E-state index contributed by atoms with van der Waals surface area (Å²) in [4.78, 5) is 25.0. The number of esters is 1. The molecule has 0 radical (unpaired) electrons. The highest BCUT2D eigenvalue weighted by Crippen LogP contribution is 2.60. The van der Waals surface area contributed by atoms with Crippen molar-refractivity contribution >= 4 is 11.9 Å². The lowest BCUT2D eigenvalue weighted by Crippen LogP contribution is -2.51. The van der Waals surface area contributed by atoms with Crippen LogP contribution in [-0.2, 0) is 14.3 Å². The maximum atomic E-state index is 12.8. The number of hydrogen-bond acceptors (Lipinski definition) is 5. The van der Waals surface area contributed by atoms with Gasteiger partial charge in [-0.1, -0.05) is 12.1 Å². The maximum Gasteiger partial charge on any atom is 0.312 e. The predicted molar refractivity (Wildman–Crippen MR) is 101 cm³/mol. The van der Waals surface area contributed by atoms with Crippen molar-refractivity contribution in [3.8, 4) is 11.5 Å². The molecule has 150 valence electrons. The Labute approximate surface area is 164 Å². The second kappa shape index (κ2) is 6.98. The quantitative estimate of drug-likeness (QED) is 0.789. The molecule has 28 heavy (non-hydrogen) atoms. The lowest BCUT2D eigenvalue weighted by Gasteiger charge is -2.55. The van der Waals surface area contributed by atoms with Crippen LogP contribution in [0.15, 0.2) is 24.3 Å². The van der Waals surface area contributed by atoms with Crippen LogP contribution in [0.1, 0.15) is 38.5 Å². The van der Waals surface area contributed by atoms with Gasteiger partial charge in [-0.15, -0.1) is 0 Å². The van der Waals surface area contributed by atoms with Gasteiger partial charge in [0.1, 0.15) is 12.7 Å². The Morgan fingerprint density at radius 3 is 2.36 bits per heavy atom. The average molecular weight is 385 g/mol. The van der Waals surface area contributed by atoms with Crippen LogP contribution in [0.25, 0.3) is 0 Å². The highest BCUT2D eigenvalue weighted by atomic mass is 16.6. The van der Waals surface area contributed by atoms with Crippen LogP contribution in [-0.4, -0.2) is 37.7 Å². The standard InChI is InChI=1S/C22H27NO5/c24-20(23-11-17-12-26-18-3-1-2-4-19(18)28-17)13-27-21(25)22-8-14-5-15(9-22)7-16(6-14)10-22/h1-4,14-17H,5-13H2,(H,23,24)/t14?,15?,16?,17-,22?/m0/s1. The van der Waals surface area contributed by atoms with Crippen LogP contribution in [0.3, 0.4) is 0 Å². The van der Waals surface area contributed by atoms with E-state index in [0.29, 0.717) is 36.7 Å². The van der Waals surface area contributed by atoms with Gasteiger partial charge in [0.2, 0.25) is 0 Å². The minimum Gasteiger partial charge on any atom is -0.486 e. The number of rotatable bonds is 5. The summed E-state index contributed by atoms with van der Waals surface area (Å²) in [6, 6.07) is 7.47. The molecule has 0 saturated heterocycles. The van der Waals surface area contributed by atoms with Crippen LogP contribution in [0.4, 0.5) is 0 Å². The zero-order valence-electron chi connectivity index (χ0n) is 16.0. The van der Waals surface area contributed by atoms with Crippen LogP contribution >= 0.6 is 0 Å². The van der Waals surface area contributed by atoms with Gasteiger partial charge in [0.05, 0.1) is 12.0 Å². The third-order valence-electron chi connectivity index (χ3n) is 6.90. The van der Waals surface area contributed by atoms with E-state index in [2.05, 4.69) is 5.32 Å². The maximum absolute atomic E-state index is 12.8. The van der Waals surface area contributed by atoms with Gasteiger partial charge in [0.25, 0.3) is 5.91 Å². The first-order valence-corrected chi connectivity index (χ1v) is 10.4. The summed E-state index contributed by atoms with van der Waals surface area (Å²) in [5, 5.41) is 2.79. The zero-order valence-corrected chi connectivity index (χ0v) is 16.0. The number of benzene rings is 1. The largest absolute Gasteiger partial charge is 0.486 e. The van der Waals surface area contributed by atoms with Crippen LogP contribution in [0.5, 0.6) is 11.5 Å². The molecule has 1 aliphatic heterocycles. The second-order valence-electron chi connectivity index (χ2n) is 9.08. The normalized spacial score (nSPS) is 34.7. The molecule has 0 aromatic heterocycles. The molecule has 6 rings (SSSR count). The van der Waals surface area contributed by atoms with Gasteiger partial charge < -0.3 is 19.5 Å². The lowest BCUT2D eigenvalue weighted by atomic mass is 9.49.